The lowest BCUT2D eigenvalue weighted by Crippen LogP contribution is -2.27. The van der Waals surface area contributed by atoms with Crippen molar-refractivity contribution in [2.24, 2.45) is 0 Å². The van der Waals surface area contributed by atoms with E-state index in [2.05, 4.69) is 15.3 Å². The monoisotopic (exact) mass is 356 g/mol. The van der Waals surface area contributed by atoms with Gasteiger partial charge in [-0.25, -0.2) is 9.97 Å². The Morgan fingerprint density at radius 3 is 2.52 bits per heavy atom. The minimum Gasteiger partial charge on any atom is -0.480 e. The molecule has 0 spiro atoms. The van der Waals surface area contributed by atoms with Crippen molar-refractivity contribution >= 4 is 33.3 Å². The van der Waals surface area contributed by atoms with Gasteiger partial charge in [-0.1, -0.05) is 30.3 Å². The average molecular weight is 356 g/mol. The molecule has 0 saturated carbocycles. The van der Waals surface area contributed by atoms with Crippen LogP contribution in [0.25, 0.3) is 21.3 Å². The first-order chi connectivity index (χ1) is 12.0. The summed E-state index contributed by atoms with van der Waals surface area (Å²) in [5.41, 5.74) is 2.10. The number of carboxylic acids is 1. The standard InChI is InChI=1S/C18H20N4O2S/c1-21(2)9-14-19-17(22(3)10-15(23)24)16-13(11-25-18(16)20-14)12-7-5-4-6-8-12/h4-8,11H,9-10H2,1-3H3,(H,23,24). The maximum absolute atomic E-state index is 11.2. The minimum atomic E-state index is -0.889. The summed E-state index contributed by atoms with van der Waals surface area (Å²) in [7, 11) is 5.66. The number of likely N-dealkylation sites (N-methyl/N-ethyl adjacent to an activating group) is 1. The zero-order chi connectivity index (χ0) is 18.0. The molecule has 0 aliphatic carbocycles. The second kappa shape index (κ2) is 7.16. The molecule has 6 nitrogen and oxygen atoms in total. The van der Waals surface area contributed by atoms with Crippen LogP contribution >= 0.6 is 11.3 Å². The van der Waals surface area contributed by atoms with Crippen molar-refractivity contribution in [3.8, 4) is 11.1 Å². The van der Waals surface area contributed by atoms with Gasteiger partial charge in [0.15, 0.2) is 0 Å². The molecule has 0 unspecified atom stereocenters. The third kappa shape index (κ3) is 3.78. The molecule has 3 aromatic rings. The van der Waals surface area contributed by atoms with Crippen LogP contribution in [0.15, 0.2) is 35.7 Å². The van der Waals surface area contributed by atoms with Gasteiger partial charge in [0.25, 0.3) is 0 Å². The first kappa shape index (κ1) is 17.3. The maximum atomic E-state index is 11.2. The van der Waals surface area contributed by atoms with E-state index < -0.39 is 5.97 Å². The highest BCUT2D eigenvalue weighted by Gasteiger charge is 2.19. The number of hydrogen-bond acceptors (Lipinski definition) is 6. The predicted octanol–water partition coefficient (Wildman–Crippen LogP) is 2.94. The molecule has 0 saturated heterocycles. The van der Waals surface area contributed by atoms with E-state index in [0.29, 0.717) is 18.2 Å². The average Bonchev–Trinajstić information content (AvgIpc) is 2.97. The predicted molar refractivity (Wildman–Crippen MR) is 101 cm³/mol. The van der Waals surface area contributed by atoms with E-state index in [0.717, 1.165) is 21.3 Å². The highest BCUT2D eigenvalue weighted by molar-refractivity contribution is 7.17. The first-order valence-electron chi connectivity index (χ1n) is 7.87. The molecule has 0 aliphatic heterocycles. The summed E-state index contributed by atoms with van der Waals surface area (Å²) in [4.78, 5) is 25.1. The van der Waals surface area contributed by atoms with Crippen molar-refractivity contribution in [1.29, 1.82) is 0 Å². The van der Waals surface area contributed by atoms with Crippen LogP contribution in [0.1, 0.15) is 5.82 Å². The van der Waals surface area contributed by atoms with Gasteiger partial charge in [-0.3, -0.25) is 4.79 Å². The summed E-state index contributed by atoms with van der Waals surface area (Å²) in [5, 5.41) is 12.1. The number of nitrogens with zero attached hydrogens (tertiary/aromatic N) is 4. The third-order valence-electron chi connectivity index (χ3n) is 3.74. The molecule has 1 aromatic carbocycles. The molecule has 130 valence electrons. The van der Waals surface area contributed by atoms with Gasteiger partial charge in [0.05, 0.1) is 11.9 Å². The van der Waals surface area contributed by atoms with Gasteiger partial charge in [0.1, 0.15) is 23.0 Å². The molecule has 3 rings (SSSR count). The lowest BCUT2D eigenvalue weighted by molar-refractivity contribution is -0.135. The number of anilines is 1. The fourth-order valence-electron chi connectivity index (χ4n) is 2.70. The Hall–Kier alpha value is -2.51. The van der Waals surface area contributed by atoms with Gasteiger partial charge in [0.2, 0.25) is 0 Å². The first-order valence-corrected chi connectivity index (χ1v) is 8.75. The molecule has 2 aromatic heterocycles. The van der Waals surface area contributed by atoms with Crippen LogP contribution in [-0.2, 0) is 11.3 Å². The highest BCUT2D eigenvalue weighted by atomic mass is 32.1. The van der Waals surface area contributed by atoms with Gasteiger partial charge < -0.3 is 14.9 Å². The van der Waals surface area contributed by atoms with Crippen molar-refractivity contribution < 1.29 is 9.90 Å². The van der Waals surface area contributed by atoms with E-state index in [1.165, 1.54) is 0 Å². The number of hydrogen-bond donors (Lipinski definition) is 1. The maximum Gasteiger partial charge on any atom is 0.323 e. The second-order valence-corrected chi connectivity index (χ2v) is 7.00. The molecule has 0 atom stereocenters. The van der Waals surface area contributed by atoms with E-state index in [1.807, 2.05) is 49.3 Å². The topological polar surface area (TPSA) is 69.6 Å². The zero-order valence-electron chi connectivity index (χ0n) is 14.4. The number of fused-ring (bicyclic) bond motifs is 1. The van der Waals surface area contributed by atoms with Crippen LogP contribution in [-0.4, -0.2) is 53.6 Å². The van der Waals surface area contributed by atoms with E-state index >= 15 is 0 Å². The third-order valence-corrected chi connectivity index (χ3v) is 4.61. The number of rotatable bonds is 6. The quantitative estimate of drug-likeness (QED) is 0.732. The van der Waals surface area contributed by atoms with Crippen LogP contribution in [0.3, 0.4) is 0 Å². The molecule has 0 amide bonds. The Labute approximate surface area is 150 Å². The molecule has 25 heavy (non-hydrogen) atoms. The van der Waals surface area contributed by atoms with Crippen molar-refractivity contribution in [2.75, 3.05) is 32.6 Å². The number of thiophene rings is 1. The van der Waals surface area contributed by atoms with Crippen LogP contribution in [0.5, 0.6) is 0 Å². The van der Waals surface area contributed by atoms with Gasteiger partial charge >= 0.3 is 5.97 Å². The summed E-state index contributed by atoms with van der Waals surface area (Å²) in [6, 6.07) is 10.0. The van der Waals surface area contributed by atoms with Crippen LogP contribution in [0, 0.1) is 0 Å². The fourth-order valence-corrected chi connectivity index (χ4v) is 3.66. The molecule has 1 N–H and O–H groups in total. The molecule has 0 aliphatic rings. The van der Waals surface area contributed by atoms with Crippen molar-refractivity contribution in [2.45, 2.75) is 6.54 Å². The molecular weight excluding hydrogens is 336 g/mol. The summed E-state index contributed by atoms with van der Waals surface area (Å²) >= 11 is 1.56. The SMILES string of the molecule is CN(C)Cc1nc(N(C)CC(=O)O)c2c(-c3ccccc3)csc2n1. The number of aromatic nitrogens is 2. The largest absolute Gasteiger partial charge is 0.480 e. The Morgan fingerprint density at radius 2 is 1.88 bits per heavy atom. The van der Waals surface area contributed by atoms with Crippen LogP contribution in [0.4, 0.5) is 5.82 Å². The van der Waals surface area contributed by atoms with E-state index in [4.69, 9.17) is 0 Å². The Morgan fingerprint density at radius 1 is 1.16 bits per heavy atom. The molecule has 0 radical (unpaired) electrons. The number of benzene rings is 1. The molecule has 0 fully saturated rings. The molecular formula is C18H20N4O2S. The van der Waals surface area contributed by atoms with Gasteiger partial charge in [-0.15, -0.1) is 11.3 Å². The summed E-state index contributed by atoms with van der Waals surface area (Å²) in [6.07, 6.45) is 0. The minimum absolute atomic E-state index is 0.113. The summed E-state index contributed by atoms with van der Waals surface area (Å²) < 4.78 is 0. The zero-order valence-corrected chi connectivity index (χ0v) is 15.2. The van der Waals surface area contributed by atoms with Crippen molar-refractivity contribution in [1.82, 2.24) is 14.9 Å². The van der Waals surface area contributed by atoms with Gasteiger partial charge in [0, 0.05) is 18.0 Å². The Balaban J connectivity index is 2.19. The lowest BCUT2D eigenvalue weighted by atomic mass is 10.1. The number of carbonyl (C=O) groups is 1. The van der Waals surface area contributed by atoms with E-state index in [-0.39, 0.29) is 6.54 Å². The Bertz CT molecular complexity index is 893. The van der Waals surface area contributed by atoms with Crippen molar-refractivity contribution in [3.05, 3.63) is 41.5 Å². The number of aliphatic carboxylic acids is 1. The van der Waals surface area contributed by atoms with Gasteiger partial charge in [-0.05, 0) is 19.7 Å². The van der Waals surface area contributed by atoms with Gasteiger partial charge in [-0.2, -0.15) is 0 Å². The van der Waals surface area contributed by atoms with E-state index in [1.54, 1.807) is 23.3 Å². The highest BCUT2D eigenvalue weighted by Crippen LogP contribution is 2.38. The second-order valence-electron chi connectivity index (χ2n) is 6.15. The molecule has 2 heterocycles. The normalized spacial score (nSPS) is 11.2. The van der Waals surface area contributed by atoms with Crippen LogP contribution < -0.4 is 4.90 Å². The summed E-state index contributed by atoms with van der Waals surface area (Å²) in [5.74, 6) is 0.454. The van der Waals surface area contributed by atoms with Crippen molar-refractivity contribution in [3.63, 3.8) is 0 Å². The fraction of sp³-hybridized carbons (Fsp3) is 0.278. The Kier molecular flexibility index (Phi) is 4.96. The number of carboxylic acid groups (broad SMARTS) is 1. The molecule has 0 bridgehead atoms. The summed E-state index contributed by atoms with van der Waals surface area (Å²) in [6.45, 7) is 0.486. The molecule has 7 heteroatoms. The lowest BCUT2D eigenvalue weighted by Gasteiger charge is -2.19. The smallest absolute Gasteiger partial charge is 0.323 e. The van der Waals surface area contributed by atoms with E-state index in [9.17, 15) is 9.90 Å². The van der Waals surface area contributed by atoms with Crippen LogP contribution in [0.2, 0.25) is 0 Å².